The van der Waals surface area contributed by atoms with Crippen LogP contribution in [0, 0.1) is 11.3 Å². The fourth-order valence-corrected chi connectivity index (χ4v) is 2.84. The molecule has 0 spiro atoms. The monoisotopic (exact) mass is 316 g/mol. The van der Waals surface area contributed by atoms with Crippen LogP contribution in [0.4, 0.5) is 0 Å². The molecule has 1 aromatic rings. The molecule has 102 valence electrons. The number of carbonyl (C=O) groups is 1. The third kappa shape index (κ3) is 4.04. The van der Waals surface area contributed by atoms with Gasteiger partial charge in [-0.25, -0.2) is 0 Å². The molecule has 0 bridgehead atoms. The number of halogens is 2. The van der Waals surface area contributed by atoms with Crippen molar-refractivity contribution in [1.82, 2.24) is 4.90 Å². The summed E-state index contributed by atoms with van der Waals surface area (Å²) in [5, 5.41) is 10.0. The van der Waals surface area contributed by atoms with Crippen LogP contribution in [0.15, 0.2) is 23.1 Å². The number of nitrogens with zero attached hydrogens (tertiary/aromatic N) is 2. The maximum Gasteiger partial charge on any atom is 0.233 e. The van der Waals surface area contributed by atoms with Crippen LogP contribution in [0.25, 0.3) is 0 Å². The van der Waals surface area contributed by atoms with Crippen molar-refractivity contribution in [2.45, 2.75) is 24.3 Å². The topological polar surface area (TPSA) is 44.1 Å². The number of benzene rings is 1. The van der Waals surface area contributed by atoms with Crippen molar-refractivity contribution in [3.8, 4) is 6.07 Å². The van der Waals surface area contributed by atoms with Gasteiger partial charge in [0.1, 0.15) is 5.54 Å². The highest BCUT2D eigenvalue weighted by molar-refractivity contribution is 8.00. The van der Waals surface area contributed by atoms with Crippen molar-refractivity contribution < 1.29 is 4.79 Å². The first-order chi connectivity index (χ1) is 8.79. The smallest absolute Gasteiger partial charge is 0.233 e. The summed E-state index contributed by atoms with van der Waals surface area (Å²) in [5.74, 6) is 0.0398. The van der Waals surface area contributed by atoms with E-state index in [1.807, 2.05) is 0 Å². The molecule has 0 heterocycles. The number of carbonyl (C=O) groups excluding carboxylic acids is 1. The van der Waals surface area contributed by atoms with E-state index in [4.69, 9.17) is 28.5 Å². The lowest BCUT2D eigenvalue weighted by molar-refractivity contribution is -0.130. The first-order valence-electron chi connectivity index (χ1n) is 5.54. The molecule has 0 saturated carbocycles. The van der Waals surface area contributed by atoms with Crippen molar-refractivity contribution in [2.75, 3.05) is 12.8 Å². The highest BCUT2D eigenvalue weighted by Gasteiger charge is 2.27. The van der Waals surface area contributed by atoms with Gasteiger partial charge in [-0.15, -0.1) is 11.8 Å². The van der Waals surface area contributed by atoms with Gasteiger partial charge in [-0.1, -0.05) is 29.3 Å². The molecule has 0 aliphatic heterocycles. The van der Waals surface area contributed by atoms with E-state index in [-0.39, 0.29) is 11.7 Å². The normalized spacial score (nSPS) is 10.9. The highest BCUT2D eigenvalue weighted by atomic mass is 35.5. The predicted octanol–water partition coefficient (Wildman–Crippen LogP) is 3.85. The van der Waals surface area contributed by atoms with Crippen LogP contribution in [0.5, 0.6) is 0 Å². The average molecular weight is 317 g/mol. The SMILES string of the molecule is CN(C(=O)CSc1c(Cl)cccc1Cl)C(C)(C)C#N. The third-order valence-corrected chi connectivity index (χ3v) is 4.72. The Labute approximate surface area is 127 Å². The van der Waals surface area contributed by atoms with Gasteiger partial charge in [0.15, 0.2) is 0 Å². The second kappa shape index (κ2) is 6.51. The Hall–Kier alpha value is -0.890. The Morgan fingerprint density at radius 1 is 1.42 bits per heavy atom. The van der Waals surface area contributed by atoms with Gasteiger partial charge in [-0.05, 0) is 26.0 Å². The molecule has 0 fully saturated rings. The quantitative estimate of drug-likeness (QED) is 0.792. The van der Waals surface area contributed by atoms with E-state index in [1.165, 1.54) is 16.7 Å². The third-order valence-electron chi connectivity index (χ3n) is 2.75. The molecule has 0 saturated heterocycles. The fraction of sp³-hybridized carbons (Fsp3) is 0.385. The lowest BCUT2D eigenvalue weighted by Crippen LogP contribution is -2.44. The van der Waals surface area contributed by atoms with Gasteiger partial charge in [-0.2, -0.15) is 5.26 Å². The number of amides is 1. The Morgan fingerprint density at radius 3 is 2.42 bits per heavy atom. The van der Waals surface area contributed by atoms with Crippen LogP contribution in [0.2, 0.25) is 10.0 Å². The molecule has 0 radical (unpaired) electrons. The first-order valence-corrected chi connectivity index (χ1v) is 7.28. The molecule has 19 heavy (non-hydrogen) atoms. The Balaban J connectivity index is 2.73. The second-order valence-electron chi connectivity index (χ2n) is 4.46. The molecule has 1 amide bonds. The van der Waals surface area contributed by atoms with Gasteiger partial charge >= 0.3 is 0 Å². The zero-order valence-electron chi connectivity index (χ0n) is 10.9. The van der Waals surface area contributed by atoms with Crippen LogP contribution in [0.3, 0.4) is 0 Å². The minimum Gasteiger partial charge on any atom is -0.327 e. The van der Waals surface area contributed by atoms with Gasteiger partial charge in [0.2, 0.25) is 5.91 Å². The molecular formula is C13H14Cl2N2OS. The summed E-state index contributed by atoms with van der Waals surface area (Å²) in [7, 11) is 1.61. The number of nitriles is 1. The number of hydrogen-bond donors (Lipinski definition) is 0. The summed E-state index contributed by atoms with van der Waals surface area (Å²) < 4.78 is 0. The molecule has 1 rings (SSSR count). The maximum absolute atomic E-state index is 12.0. The highest BCUT2D eigenvalue weighted by Crippen LogP contribution is 2.34. The van der Waals surface area contributed by atoms with Gasteiger partial charge in [0.25, 0.3) is 0 Å². The van der Waals surface area contributed by atoms with Crippen LogP contribution in [0.1, 0.15) is 13.8 Å². The molecule has 0 aliphatic rings. The summed E-state index contributed by atoms with van der Waals surface area (Å²) in [6, 6.07) is 7.29. The molecule has 0 atom stereocenters. The molecule has 0 aromatic heterocycles. The molecule has 0 N–H and O–H groups in total. The van der Waals surface area contributed by atoms with E-state index < -0.39 is 5.54 Å². The van der Waals surface area contributed by atoms with E-state index >= 15 is 0 Å². The number of hydrogen-bond acceptors (Lipinski definition) is 3. The lowest BCUT2D eigenvalue weighted by atomic mass is 10.1. The van der Waals surface area contributed by atoms with Gasteiger partial charge in [-0.3, -0.25) is 4.79 Å². The van der Waals surface area contributed by atoms with Gasteiger partial charge in [0, 0.05) is 11.9 Å². The van der Waals surface area contributed by atoms with Crippen LogP contribution in [-0.4, -0.2) is 29.1 Å². The van der Waals surface area contributed by atoms with Crippen molar-refractivity contribution in [2.24, 2.45) is 0 Å². The molecular weight excluding hydrogens is 303 g/mol. The van der Waals surface area contributed by atoms with E-state index in [0.29, 0.717) is 14.9 Å². The van der Waals surface area contributed by atoms with Crippen molar-refractivity contribution in [3.63, 3.8) is 0 Å². The average Bonchev–Trinajstić information content (AvgIpc) is 2.37. The molecule has 0 aliphatic carbocycles. The summed E-state index contributed by atoms with van der Waals surface area (Å²) in [6.45, 7) is 3.39. The van der Waals surface area contributed by atoms with Crippen LogP contribution in [-0.2, 0) is 4.79 Å². The molecule has 0 unspecified atom stereocenters. The fourth-order valence-electron chi connectivity index (χ4n) is 1.24. The summed E-state index contributed by atoms with van der Waals surface area (Å²) in [6.07, 6.45) is 0. The first kappa shape index (κ1) is 16.2. The van der Waals surface area contributed by atoms with Crippen molar-refractivity contribution >= 4 is 40.9 Å². The Morgan fingerprint density at radius 2 is 1.95 bits per heavy atom. The van der Waals surface area contributed by atoms with Crippen molar-refractivity contribution in [1.29, 1.82) is 5.26 Å². The zero-order chi connectivity index (χ0) is 14.6. The van der Waals surface area contributed by atoms with Gasteiger partial charge < -0.3 is 4.90 Å². The Bertz CT molecular complexity index is 506. The predicted molar refractivity (Wildman–Crippen MR) is 79.6 cm³/mol. The zero-order valence-corrected chi connectivity index (χ0v) is 13.2. The van der Waals surface area contributed by atoms with E-state index in [0.717, 1.165) is 0 Å². The molecule has 1 aromatic carbocycles. The van der Waals surface area contributed by atoms with Crippen LogP contribution >= 0.6 is 35.0 Å². The summed E-state index contributed by atoms with van der Waals surface area (Å²) in [5.41, 5.74) is -0.831. The number of rotatable bonds is 4. The van der Waals surface area contributed by atoms with E-state index in [1.54, 1.807) is 39.1 Å². The minimum absolute atomic E-state index is 0.146. The van der Waals surface area contributed by atoms with E-state index in [9.17, 15) is 4.79 Å². The number of thioether (sulfide) groups is 1. The molecule has 6 heteroatoms. The van der Waals surface area contributed by atoms with E-state index in [2.05, 4.69) is 6.07 Å². The second-order valence-corrected chi connectivity index (χ2v) is 6.26. The summed E-state index contributed by atoms with van der Waals surface area (Å²) >= 11 is 13.3. The van der Waals surface area contributed by atoms with Crippen molar-refractivity contribution in [3.05, 3.63) is 28.2 Å². The lowest BCUT2D eigenvalue weighted by Gasteiger charge is -2.29. The summed E-state index contributed by atoms with van der Waals surface area (Å²) in [4.78, 5) is 14.1. The maximum atomic E-state index is 12.0. The van der Waals surface area contributed by atoms with Crippen LogP contribution < -0.4 is 0 Å². The van der Waals surface area contributed by atoms with Gasteiger partial charge in [0.05, 0.1) is 21.9 Å². The minimum atomic E-state index is -0.831. The molecule has 3 nitrogen and oxygen atoms in total. The standard InChI is InChI=1S/C13H14Cl2N2OS/c1-13(2,8-16)17(3)11(18)7-19-12-9(14)5-4-6-10(12)15/h4-6H,7H2,1-3H3. The Kier molecular flexibility index (Phi) is 5.54. The largest absolute Gasteiger partial charge is 0.327 e.